The van der Waals surface area contributed by atoms with Crippen LogP contribution in [0.15, 0.2) is 34.3 Å². The predicted molar refractivity (Wildman–Crippen MR) is 120 cm³/mol. The van der Waals surface area contributed by atoms with Crippen molar-refractivity contribution in [3.05, 3.63) is 35.6 Å². The van der Waals surface area contributed by atoms with Crippen LogP contribution >= 0.6 is 0 Å². The van der Waals surface area contributed by atoms with Gasteiger partial charge in [-0.05, 0) is 53.4 Å². The second-order valence-corrected chi connectivity index (χ2v) is 16.0. The van der Waals surface area contributed by atoms with Gasteiger partial charge >= 0.3 is 0 Å². The van der Waals surface area contributed by atoms with Crippen molar-refractivity contribution in [3.63, 3.8) is 0 Å². The number of hydrogen-bond donors (Lipinski definition) is 0. The van der Waals surface area contributed by atoms with Gasteiger partial charge in [-0.15, -0.1) is 0 Å². The molecule has 28 heavy (non-hydrogen) atoms. The Kier molecular flexibility index (Phi) is 4.82. The van der Waals surface area contributed by atoms with E-state index in [1.807, 2.05) is 12.1 Å². The lowest BCUT2D eigenvalue weighted by molar-refractivity contribution is 0.210. The lowest BCUT2D eigenvalue weighted by atomic mass is 9.71. The number of fused-ring (bicyclic) bond motifs is 1. The van der Waals surface area contributed by atoms with Gasteiger partial charge in [-0.3, -0.25) is 0 Å². The molecule has 1 aromatic carbocycles. The molecule has 0 unspecified atom stereocenters. The minimum atomic E-state index is -1.87. The maximum atomic E-state index is 6.47. The summed E-state index contributed by atoms with van der Waals surface area (Å²) in [5, 5.41) is 1.22. The molecule has 0 fully saturated rings. The average Bonchev–Trinajstić information content (AvgIpc) is 3.04. The van der Waals surface area contributed by atoms with Gasteiger partial charge in [-0.25, -0.2) is 0 Å². The Bertz CT molecular complexity index is 917. The Morgan fingerprint density at radius 3 is 2.21 bits per heavy atom. The fraction of sp³-hybridized carbons (Fsp3) is 0.583. The second-order valence-electron chi connectivity index (χ2n) is 11.3. The summed E-state index contributed by atoms with van der Waals surface area (Å²) in [7, 11) is -1.87. The Balaban J connectivity index is 2.02. The van der Waals surface area contributed by atoms with Gasteiger partial charge in [-0.1, -0.05) is 55.4 Å². The highest BCUT2D eigenvalue weighted by Gasteiger charge is 2.42. The Labute approximate surface area is 171 Å². The number of benzene rings is 1. The monoisotopic (exact) mass is 400 g/mol. The van der Waals surface area contributed by atoms with Gasteiger partial charge in [0.1, 0.15) is 11.3 Å². The van der Waals surface area contributed by atoms with E-state index in [1.165, 1.54) is 5.57 Å². The zero-order valence-electron chi connectivity index (χ0n) is 19.2. The third-order valence-corrected chi connectivity index (χ3v) is 10.5. The van der Waals surface area contributed by atoms with E-state index in [4.69, 9.17) is 13.6 Å². The summed E-state index contributed by atoms with van der Waals surface area (Å²) < 4.78 is 18.8. The minimum Gasteiger partial charge on any atom is -0.543 e. The lowest BCUT2D eigenvalue weighted by Crippen LogP contribution is -2.43. The van der Waals surface area contributed by atoms with Crippen molar-refractivity contribution in [1.82, 2.24) is 0 Å². The molecule has 3 rings (SSSR count). The van der Waals surface area contributed by atoms with E-state index in [-0.39, 0.29) is 15.9 Å². The van der Waals surface area contributed by atoms with Gasteiger partial charge in [0.15, 0.2) is 11.5 Å². The van der Waals surface area contributed by atoms with Crippen molar-refractivity contribution in [2.24, 2.45) is 10.8 Å². The molecule has 0 spiro atoms. The van der Waals surface area contributed by atoms with Crippen LogP contribution in [0.1, 0.15) is 61.2 Å². The van der Waals surface area contributed by atoms with Crippen molar-refractivity contribution in [2.45, 2.75) is 73.5 Å². The molecular formula is C24H36O3Si. The van der Waals surface area contributed by atoms with Gasteiger partial charge in [0.05, 0.1) is 6.61 Å². The van der Waals surface area contributed by atoms with Crippen LogP contribution in [0.25, 0.3) is 16.7 Å². The highest BCUT2D eigenvalue weighted by atomic mass is 28.4. The van der Waals surface area contributed by atoms with Gasteiger partial charge in [-0.2, -0.15) is 0 Å². The topological polar surface area (TPSA) is 31.6 Å². The standard InChI is InChI=1S/C24H36O3Si/c1-22(2,3)21-20(25-15-24(21,7)8)19-14-16-13-17(11-12-18(16)26-19)27-28(9,10)23(4,5)6/h11-14H,15H2,1-10H3. The smallest absolute Gasteiger partial charge is 0.250 e. The van der Waals surface area contributed by atoms with Crippen LogP contribution in [0.4, 0.5) is 0 Å². The normalized spacial score (nSPS) is 17.9. The van der Waals surface area contributed by atoms with Crippen LogP contribution in [0, 0.1) is 10.8 Å². The molecule has 1 aliphatic rings. The number of hydrogen-bond acceptors (Lipinski definition) is 3. The third-order valence-electron chi connectivity index (χ3n) is 6.12. The Hall–Kier alpha value is -1.68. The van der Waals surface area contributed by atoms with Crippen LogP contribution in [0.5, 0.6) is 5.75 Å². The largest absolute Gasteiger partial charge is 0.543 e. The zero-order chi connectivity index (χ0) is 21.1. The molecule has 0 saturated carbocycles. The summed E-state index contributed by atoms with van der Waals surface area (Å²) in [5.41, 5.74) is 2.21. The van der Waals surface area contributed by atoms with Crippen molar-refractivity contribution in [1.29, 1.82) is 0 Å². The quantitative estimate of drug-likeness (QED) is 0.496. The summed E-state index contributed by atoms with van der Waals surface area (Å²) in [6.45, 7) is 23.2. The first-order valence-corrected chi connectivity index (χ1v) is 13.1. The summed E-state index contributed by atoms with van der Waals surface area (Å²) in [4.78, 5) is 0. The molecular weight excluding hydrogens is 364 g/mol. The van der Waals surface area contributed by atoms with Crippen molar-refractivity contribution in [3.8, 4) is 5.75 Å². The number of furan rings is 1. The van der Waals surface area contributed by atoms with Crippen LogP contribution in [-0.4, -0.2) is 14.9 Å². The van der Waals surface area contributed by atoms with E-state index in [0.29, 0.717) is 6.61 Å². The molecule has 0 aliphatic carbocycles. The summed E-state index contributed by atoms with van der Waals surface area (Å²) in [6, 6.07) is 8.23. The summed E-state index contributed by atoms with van der Waals surface area (Å²) >= 11 is 0. The van der Waals surface area contributed by atoms with E-state index < -0.39 is 8.32 Å². The van der Waals surface area contributed by atoms with Crippen molar-refractivity contribution >= 4 is 25.0 Å². The molecule has 1 aliphatic heterocycles. The molecule has 0 amide bonds. The number of ether oxygens (including phenoxy) is 1. The predicted octanol–water partition coefficient (Wildman–Crippen LogP) is 7.63. The molecule has 154 valence electrons. The maximum absolute atomic E-state index is 6.47. The highest BCUT2D eigenvalue weighted by molar-refractivity contribution is 6.74. The molecule has 0 radical (unpaired) electrons. The van der Waals surface area contributed by atoms with Gasteiger partial charge in [0.25, 0.3) is 0 Å². The second kappa shape index (κ2) is 6.41. The first-order valence-electron chi connectivity index (χ1n) is 10.2. The maximum Gasteiger partial charge on any atom is 0.250 e. The van der Waals surface area contributed by atoms with Crippen molar-refractivity contribution in [2.75, 3.05) is 6.61 Å². The average molecular weight is 401 g/mol. The van der Waals surface area contributed by atoms with Crippen LogP contribution in [0.3, 0.4) is 0 Å². The van der Waals surface area contributed by atoms with Gasteiger partial charge in [0, 0.05) is 10.8 Å². The molecule has 4 heteroatoms. The third kappa shape index (κ3) is 3.76. The minimum absolute atomic E-state index is 0.00314. The van der Waals surface area contributed by atoms with Crippen LogP contribution < -0.4 is 4.43 Å². The fourth-order valence-electron chi connectivity index (χ4n) is 3.90. The molecule has 0 bridgehead atoms. The first kappa shape index (κ1) is 21.0. The van der Waals surface area contributed by atoms with Gasteiger partial charge < -0.3 is 13.6 Å². The highest BCUT2D eigenvalue weighted by Crippen LogP contribution is 2.50. The van der Waals surface area contributed by atoms with E-state index in [9.17, 15) is 0 Å². The molecule has 0 saturated heterocycles. The first-order chi connectivity index (χ1) is 12.6. The van der Waals surface area contributed by atoms with E-state index in [2.05, 4.69) is 80.6 Å². The lowest BCUT2D eigenvalue weighted by Gasteiger charge is -2.36. The molecule has 2 aromatic rings. The molecule has 2 heterocycles. The van der Waals surface area contributed by atoms with E-state index >= 15 is 0 Å². The zero-order valence-corrected chi connectivity index (χ0v) is 20.2. The van der Waals surface area contributed by atoms with Crippen molar-refractivity contribution < 1.29 is 13.6 Å². The fourth-order valence-corrected chi connectivity index (χ4v) is 4.92. The number of rotatable bonds is 3. The van der Waals surface area contributed by atoms with E-state index in [0.717, 1.165) is 28.2 Å². The van der Waals surface area contributed by atoms with E-state index in [1.54, 1.807) is 0 Å². The SMILES string of the molecule is CC(C)(C)C1=C(c2cc3cc(O[Si](C)(C)C(C)(C)C)ccc3o2)OCC1(C)C. The molecule has 3 nitrogen and oxygen atoms in total. The summed E-state index contributed by atoms with van der Waals surface area (Å²) in [6.07, 6.45) is 0. The molecule has 1 aromatic heterocycles. The summed E-state index contributed by atoms with van der Waals surface area (Å²) in [5.74, 6) is 2.64. The molecule has 0 atom stereocenters. The Morgan fingerprint density at radius 1 is 1.00 bits per heavy atom. The van der Waals surface area contributed by atoms with Crippen LogP contribution in [0.2, 0.25) is 18.1 Å². The Morgan fingerprint density at radius 2 is 1.64 bits per heavy atom. The van der Waals surface area contributed by atoms with Gasteiger partial charge in [0.2, 0.25) is 8.32 Å². The molecule has 0 N–H and O–H groups in total. The van der Waals surface area contributed by atoms with Crippen LogP contribution in [-0.2, 0) is 4.74 Å².